The lowest BCUT2D eigenvalue weighted by Gasteiger charge is -2.19. The van der Waals surface area contributed by atoms with Crippen molar-refractivity contribution in [3.8, 4) is 0 Å². The molecule has 21 heavy (non-hydrogen) atoms. The average Bonchev–Trinajstić information content (AvgIpc) is 3.09. The number of likely N-dealkylation sites (tertiary alicyclic amines) is 1. The zero-order chi connectivity index (χ0) is 14.7. The summed E-state index contributed by atoms with van der Waals surface area (Å²) in [5.74, 6) is 1.28. The average molecular weight is 294 g/mol. The first-order valence-electron chi connectivity index (χ1n) is 8.73. The van der Waals surface area contributed by atoms with Crippen molar-refractivity contribution in [2.75, 3.05) is 26.2 Å². The molecule has 2 aliphatic carbocycles. The van der Waals surface area contributed by atoms with E-state index in [0.29, 0.717) is 12.0 Å². The van der Waals surface area contributed by atoms with E-state index < -0.39 is 0 Å². The van der Waals surface area contributed by atoms with Crippen molar-refractivity contribution in [3.63, 3.8) is 0 Å². The molecule has 0 aromatic rings. The lowest BCUT2D eigenvalue weighted by molar-refractivity contribution is 0.136. The molecule has 0 bridgehead atoms. The van der Waals surface area contributed by atoms with Crippen LogP contribution < -0.4 is 10.6 Å². The van der Waals surface area contributed by atoms with Crippen molar-refractivity contribution >= 4 is 5.96 Å². The van der Waals surface area contributed by atoms with Crippen LogP contribution in [0.1, 0.15) is 45.4 Å². The van der Waals surface area contributed by atoms with Gasteiger partial charge in [0, 0.05) is 44.2 Å². The van der Waals surface area contributed by atoms with E-state index in [2.05, 4.69) is 22.5 Å². The van der Waals surface area contributed by atoms with Gasteiger partial charge >= 0.3 is 0 Å². The molecule has 0 amide bonds. The van der Waals surface area contributed by atoms with Crippen LogP contribution in [-0.2, 0) is 0 Å². The summed E-state index contributed by atoms with van der Waals surface area (Å²) in [6.45, 7) is 6.12. The first-order chi connectivity index (χ1) is 10.3. The molecule has 0 spiro atoms. The molecule has 120 valence electrons. The maximum Gasteiger partial charge on any atom is 0.191 e. The minimum Gasteiger partial charge on any atom is -0.393 e. The predicted octanol–water partition coefficient (Wildman–Crippen LogP) is 0.939. The quantitative estimate of drug-likeness (QED) is 0.522. The van der Waals surface area contributed by atoms with Gasteiger partial charge in [-0.05, 0) is 39.0 Å². The predicted molar refractivity (Wildman–Crippen MR) is 85.5 cm³/mol. The van der Waals surface area contributed by atoms with E-state index >= 15 is 0 Å². The van der Waals surface area contributed by atoms with E-state index in [1.165, 1.54) is 25.8 Å². The van der Waals surface area contributed by atoms with E-state index in [-0.39, 0.29) is 6.10 Å². The topological polar surface area (TPSA) is 59.9 Å². The van der Waals surface area contributed by atoms with Gasteiger partial charge in [0.25, 0.3) is 0 Å². The van der Waals surface area contributed by atoms with Gasteiger partial charge < -0.3 is 15.7 Å². The lowest BCUT2D eigenvalue weighted by Crippen LogP contribution is -2.45. The van der Waals surface area contributed by atoms with E-state index in [0.717, 1.165) is 50.9 Å². The third kappa shape index (κ3) is 4.10. The van der Waals surface area contributed by atoms with Crippen LogP contribution >= 0.6 is 0 Å². The van der Waals surface area contributed by atoms with E-state index in [1.54, 1.807) is 0 Å². The van der Waals surface area contributed by atoms with Gasteiger partial charge in [-0.25, -0.2) is 0 Å². The molecule has 2 saturated carbocycles. The summed E-state index contributed by atoms with van der Waals surface area (Å²) in [7, 11) is 0. The molecule has 3 unspecified atom stereocenters. The van der Waals surface area contributed by atoms with E-state index in [9.17, 15) is 5.11 Å². The second-order valence-corrected chi connectivity index (χ2v) is 6.83. The van der Waals surface area contributed by atoms with Crippen LogP contribution in [0.15, 0.2) is 4.99 Å². The molecule has 0 aromatic carbocycles. The number of nitrogens with zero attached hydrogens (tertiary/aromatic N) is 2. The van der Waals surface area contributed by atoms with Crippen LogP contribution in [0.25, 0.3) is 0 Å². The lowest BCUT2D eigenvalue weighted by atomic mass is 10.1. The van der Waals surface area contributed by atoms with Crippen molar-refractivity contribution in [2.45, 2.75) is 63.6 Å². The second kappa shape index (κ2) is 6.97. The number of guanidine groups is 1. The fourth-order valence-electron chi connectivity index (χ4n) is 3.63. The molecule has 0 radical (unpaired) electrons. The molecule has 3 fully saturated rings. The van der Waals surface area contributed by atoms with Crippen molar-refractivity contribution < 1.29 is 5.11 Å². The molecule has 3 rings (SSSR count). The summed E-state index contributed by atoms with van der Waals surface area (Å²) in [5.41, 5.74) is 0. The Morgan fingerprint density at radius 3 is 2.76 bits per heavy atom. The van der Waals surface area contributed by atoms with Gasteiger partial charge in [0.05, 0.1) is 6.10 Å². The summed E-state index contributed by atoms with van der Waals surface area (Å²) in [4.78, 5) is 7.32. The Kier molecular flexibility index (Phi) is 5.01. The Bertz CT molecular complexity index is 369. The summed E-state index contributed by atoms with van der Waals surface area (Å²) in [6, 6.07) is 1.39. The first kappa shape index (κ1) is 15.1. The van der Waals surface area contributed by atoms with Crippen molar-refractivity contribution in [2.24, 2.45) is 10.9 Å². The summed E-state index contributed by atoms with van der Waals surface area (Å²) in [5, 5.41) is 16.8. The fraction of sp³-hybridized carbons (Fsp3) is 0.938. The normalized spacial score (nSPS) is 34.4. The van der Waals surface area contributed by atoms with Crippen molar-refractivity contribution in [1.29, 1.82) is 0 Å². The van der Waals surface area contributed by atoms with Gasteiger partial charge in [-0.15, -0.1) is 0 Å². The highest BCUT2D eigenvalue weighted by Gasteiger charge is 2.34. The maximum absolute atomic E-state index is 9.90. The zero-order valence-electron chi connectivity index (χ0n) is 13.2. The molecular weight excluding hydrogens is 264 g/mol. The Labute approximate surface area is 128 Å². The third-order valence-electron chi connectivity index (χ3n) is 5.07. The molecule has 3 N–H and O–H groups in total. The van der Waals surface area contributed by atoms with E-state index in [1.807, 2.05) is 0 Å². The van der Waals surface area contributed by atoms with Crippen LogP contribution in [0.5, 0.6) is 0 Å². The summed E-state index contributed by atoms with van der Waals surface area (Å²) < 4.78 is 0. The first-order valence-corrected chi connectivity index (χ1v) is 8.73. The fourth-order valence-corrected chi connectivity index (χ4v) is 3.63. The zero-order valence-corrected chi connectivity index (χ0v) is 13.2. The number of aliphatic hydroxyl groups excluding tert-OH is 1. The number of nitrogens with one attached hydrogen (secondary N) is 2. The Hall–Kier alpha value is -0.810. The second-order valence-electron chi connectivity index (χ2n) is 6.83. The third-order valence-corrected chi connectivity index (χ3v) is 5.07. The molecule has 1 aliphatic heterocycles. The Morgan fingerprint density at radius 1 is 1.24 bits per heavy atom. The van der Waals surface area contributed by atoms with Gasteiger partial charge in [-0.1, -0.05) is 6.42 Å². The van der Waals surface area contributed by atoms with Crippen LogP contribution in [0.4, 0.5) is 0 Å². The van der Waals surface area contributed by atoms with Gasteiger partial charge in [0.2, 0.25) is 0 Å². The minimum absolute atomic E-state index is 0.145. The molecule has 5 nitrogen and oxygen atoms in total. The van der Waals surface area contributed by atoms with Crippen LogP contribution in [0.2, 0.25) is 0 Å². The number of aliphatic hydroxyl groups is 1. The highest BCUT2D eigenvalue weighted by Crippen LogP contribution is 2.29. The van der Waals surface area contributed by atoms with Gasteiger partial charge in [0.1, 0.15) is 0 Å². The smallest absolute Gasteiger partial charge is 0.191 e. The van der Waals surface area contributed by atoms with Crippen molar-refractivity contribution in [3.05, 3.63) is 0 Å². The molecule has 0 aromatic heterocycles. The van der Waals surface area contributed by atoms with Gasteiger partial charge in [-0.3, -0.25) is 9.89 Å². The highest BCUT2D eigenvalue weighted by atomic mass is 16.3. The van der Waals surface area contributed by atoms with Crippen LogP contribution in [0.3, 0.4) is 0 Å². The standard InChI is InChI=1S/C16H30N4O/c1-2-17-16(18-10-12-4-3-5-15(12)21)19-13-8-9-20(11-13)14-6-7-14/h12-15,21H,2-11H2,1H3,(H2,17,18,19). The molecule has 3 aliphatic rings. The number of aliphatic imine (C=N–C) groups is 1. The maximum atomic E-state index is 9.90. The number of hydrogen-bond acceptors (Lipinski definition) is 3. The molecule has 1 saturated heterocycles. The highest BCUT2D eigenvalue weighted by molar-refractivity contribution is 5.80. The number of hydrogen-bond donors (Lipinski definition) is 3. The Balaban J connectivity index is 1.49. The monoisotopic (exact) mass is 294 g/mol. The van der Waals surface area contributed by atoms with Crippen molar-refractivity contribution in [1.82, 2.24) is 15.5 Å². The molecule has 1 heterocycles. The SMILES string of the molecule is CCNC(=NCC1CCCC1O)NC1CCN(C2CC2)C1. The largest absolute Gasteiger partial charge is 0.393 e. The van der Waals surface area contributed by atoms with Crippen LogP contribution in [0, 0.1) is 5.92 Å². The van der Waals surface area contributed by atoms with Gasteiger partial charge in [0.15, 0.2) is 5.96 Å². The summed E-state index contributed by atoms with van der Waals surface area (Å²) >= 11 is 0. The summed E-state index contributed by atoms with van der Waals surface area (Å²) in [6.07, 6.45) is 7.05. The molecule has 5 heteroatoms. The molecular formula is C16H30N4O. The number of rotatable bonds is 5. The van der Waals surface area contributed by atoms with Crippen LogP contribution in [-0.4, -0.2) is 60.3 Å². The van der Waals surface area contributed by atoms with Gasteiger partial charge in [-0.2, -0.15) is 0 Å². The van der Waals surface area contributed by atoms with E-state index in [4.69, 9.17) is 4.99 Å². The Morgan fingerprint density at radius 2 is 2.10 bits per heavy atom. The minimum atomic E-state index is -0.145. The molecule has 3 atom stereocenters.